The number of nitriles is 1. The zero-order valence-corrected chi connectivity index (χ0v) is 23.8. The number of allylic oxidation sites excluding steroid dienone is 1. The Labute approximate surface area is 245 Å². The van der Waals surface area contributed by atoms with Gasteiger partial charge < -0.3 is 14.8 Å². The molecule has 2 heterocycles. The minimum Gasteiger partial charge on any atom is -0.494 e. The van der Waals surface area contributed by atoms with Gasteiger partial charge in [-0.25, -0.2) is 4.99 Å². The van der Waals surface area contributed by atoms with E-state index in [1.165, 1.54) is 11.3 Å². The molecular formula is C31H25ClN4O4S. The van der Waals surface area contributed by atoms with Crippen molar-refractivity contribution in [3.05, 3.63) is 120 Å². The van der Waals surface area contributed by atoms with Gasteiger partial charge >= 0.3 is 0 Å². The number of amides is 1. The quantitative estimate of drug-likeness (QED) is 0.319. The van der Waals surface area contributed by atoms with Crippen molar-refractivity contribution in [2.45, 2.75) is 19.9 Å². The van der Waals surface area contributed by atoms with Gasteiger partial charge in [-0.15, -0.1) is 0 Å². The number of carbonyl (C=O) groups is 1. The lowest BCUT2D eigenvalue weighted by Crippen LogP contribution is -2.40. The minimum absolute atomic E-state index is 0.152. The van der Waals surface area contributed by atoms with Crippen LogP contribution in [0.1, 0.15) is 31.0 Å². The Morgan fingerprint density at radius 3 is 2.61 bits per heavy atom. The molecule has 0 spiro atoms. The van der Waals surface area contributed by atoms with Gasteiger partial charge in [0, 0.05) is 16.3 Å². The van der Waals surface area contributed by atoms with Gasteiger partial charge in [-0.05, 0) is 68.0 Å². The molecule has 4 aromatic rings. The number of aromatic nitrogens is 1. The number of rotatable bonds is 8. The van der Waals surface area contributed by atoms with E-state index in [4.69, 9.17) is 26.3 Å². The summed E-state index contributed by atoms with van der Waals surface area (Å²) >= 11 is 7.44. The van der Waals surface area contributed by atoms with Crippen LogP contribution in [0.25, 0.3) is 6.08 Å². The molecule has 1 aromatic heterocycles. The topological polar surface area (TPSA) is 106 Å². The smallest absolute Gasteiger partial charge is 0.271 e. The molecule has 0 bridgehead atoms. The van der Waals surface area contributed by atoms with Crippen LogP contribution in [0.3, 0.4) is 0 Å². The summed E-state index contributed by atoms with van der Waals surface area (Å²) in [5.41, 5.74) is 2.45. The maximum atomic E-state index is 14.0. The highest BCUT2D eigenvalue weighted by molar-refractivity contribution is 7.07. The van der Waals surface area contributed by atoms with Crippen LogP contribution in [0.5, 0.6) is 11.5 Å². The van der Waals surface area contributed by atoms with Gasteiger partial charge in [0.2, 0.25) is 0 Å². The molecule has 1 atom stereocenters. The van der Waals surface area contributed by atoms with E-state index in [-0.39, 0.29) is 18.1 Å². The molecule has 8 nitrogen and oxygen atoms in total. The second kappa shape index (κ2) is 12.3. The Bertz CT molecular complexity index is 1860. The largest absolute Gasteiger partial charge is 0.494 e. The predicted molar refractivity (Wildman–Crippen MR) is 159 cm³/mol. The molecule has 0 radical (unpaired) electrons. The third kappa shape index (κ3) is 5.94. The lowest BCUT2D eigenvalue weighted by Gasteiger charge is -2.25. The number of benzene rings is 3. The van der Waals surface area contributed by atoms with Crippen LogP contribution in [-0.4, -0.2) is 23.7 Å². The molecule has 1 amide bonds. The zero-order chi connectivity index (χ0) is 28.9. The summed E-state index contributed by atoms with van der Waals surface area (Å²) < 4.78 is 13.1. The SMILES string of the molecule is CCOc1ccc([C@@H]2C(C(=O)Nc3ccccc3)=C(C)N=c3s/c(=C\c4cc(Cl)ccc4OCC#N)c(=O)n32)cc1. The third-order valence-corrected chi connectivity index (χ3v) is 7.57. The number of fused-ring (bicyclic) bond motifs is 1. The number of ether oxygens (including phenoxy) is 2. The van der Waals surface area contributed by atoms with E-state index < -0.39 is 6.04 Å². The van der Waals surface area contributed by atoms with Gasteiger partial charge in [-0.1, -0.05) is 53.3 Å². The molecule has 10 heteroatoms. The first-order valence-corrected chi connectivity index (χ1v) is 14.0. The van der Waals surface area contributed by atoms with Crippen LogP contribution in [0.2, 0.25) is 5.02 Å². The molecule has 41 heavy (non-hydrogen) atoms. The molecule has 0 fully saturated rings. The molecule has 0 unspecified atom stereocenters. The second-order valence-corrected chi connectivity index (χ2v) is 10.5. The third-order valence-electron chi connectivity index (χ3n) is 6.36. The van der Waals surface area contributed by atoms with Crippen molar-refractivity contribution < 1.29 is 14.3 Å². The van der Waals surface area contributed by atoms with Crippen molar-refractivity contribution in [3.63, 3.8) is 0 Å². The van der Waals surface area contributed by atoms with E-state index in [9.17, 15) is 9.59 Å². The average molecular weight is 585 g/mol. The molecule has 3 aromatic carbocycles. The normalized spacial score (nSPS) is 14.6. The van der Waals surface area contributed by atoms with Crippen molar-refractivity contribution in [1.82, 2.24) is 4.57 Å². The molecule has 1 aliphatic heterocycles. The number of carbonyl (C=O) groups excluding carboxylic acids is 1. The number of nitrogens with one attached hydrogen (secondary N) is 1. The van der Waals surface area contributed by atoms with Crippen LogP contribution in [-0.2, 0) is 4.79 Å². The highest BCUT2D eigenvalue weighted by Crippen LogP contribution is 2.32. The van der Waals surface area contributed by atoms with Gasteiger partial charge in [-0.3, -0.25) is 14.2 Å². The lowest BCUT2D eigenvalue weighted by atomic mass is 9.95. The maximum absolute atomic E-state index is 14.0. The average Bonchev–Trinajstić information content (AvgIpc) is 3.27. The first-order chi connectivity index (χ1) is 19.9. The predicted octanol–water partition coefficient (Wildman–Crippen LogP) is 4.83. The Hall–Kier alpha value is -4.65. The molecule has 5 rings (SSSR count). The summed E-state index contributed by atoms with van der Waals surface area (Å²) in [6.07, 6.45) is 1.67. The van der Waals surface area contributed by atoms with Crippen molar-refractivity contribution in [2.75, 3.05) is 18.5 Å². The van der Waals surface area contributed by atoms with Gasteiger partial charge in [0.1, 0.15) is 17.6 Å². The fourth-order valence-electron chi connectivity index (χ4n) is 4.57. The summed E-state index contributed by atoms with van der Waals surface area (Å²) in [5, 5.41) is 12.4. The van der Waals surface area contributed by atoms with Crippen LogP contribution in [0, 0.1) is 11.3 Å². The van der Waals surface area contributed by atoms with Gasteiger partial charge in [0.15, 0.2) is 11.4 Å². The first kappa shape index (κ1) is 27.9. The monoisotopic (exact) mass is 584 g/mol. The van der Waals surface area contributed by atoms with Gasteiger partial charge in [0.05, 0.1) is 28.5 Å². The Morgan fingerprint density at radius 1 is 1.15 bits per heavy atom. The van der Waals surface area contributed by atoms with Crippen LogP contribution < -0.4 is 29.7 Å². The number of anilines is 1. The van der Waals surface area contributed by atoms with E-state index in [0.717, 1.165) is 5.56 Å². The van der Waals surface area contributed by atoms with Crippen LogP contribution >= 0.6 is 22.9 Å². The molecule has 0 saturated carbocycles. The van der Waals surface area contributed by atoms with E-state index in [1.54, 1.807) is 47.9 Å². The molecular weight excluding hydrogens is 560 g/mol. The van der Waals surface area contributed by atoms with Crippen molar-refractivity contribution in [1.29, 1.82) is 5.26 Å². The summed E-state index contributed by atoms with van der Waals surface area (Å²) in [4.78, 5) is 32.8. The number of halogens is 1. The standard InChI is InChI=1S/C31H25ClN4O4S/c1-3-39-24-12-9-20(10-13-24)28-27(29(37)35-23-7-5-4-6-8-23)19(2)34-31-36(28)30(38)26(41-31)18-21-17-22(32)11-14-25(21)40-16-15-33/h4-14,17-18,28H,3,16H2,1-2H3,(H,35,37)/b26-18-/t28-/m1/s1. The Morgan fingerprint density at radius 2 is 1.90 bits per heavy atom. The molecule has 0 aliphatic carbocycles. The second-order valence-electron chi connectivity index (χ2n) is 9.03. The van der Waals surface area contributed by atoms with Crippen LogP contribution in [0.4, 0.5) is 5.69 Å². The van der Waals surface area contributed by atoms with E-state index in [1.807, 2.05) is 55.5 Å². The van der Waals surface area contributed by atoms with Crippen molar-refractivity contribution >= 4 is 40.6 Å². The van der Waals surface area contributed by atoms with E-state index in [0.29, 0.717) is 55.0 Å². The summed E-state index contributed by atoms with van der Waals surface area (Å²) in [6.45, 7) is 4.03. The van der Waals surface area contributed by atoms with E-state index >= 15 is 0 Å². The van der Waals surface area contributed by atoms with Crippen molar-refractivity contribution in [2.24, 2.45) is 4.99 Å². The molecule has 1 aliphatic rings. The number of hydrogen-bond acceptors (Lipinski definition) is 7. The Balaban J connectivity index is 1.66. The Kier molecular flexibility index (Phi) is 8.34. The molecule has 1 N–H and O–H groups in total. The molecule has 0 saturated heterocycles. The number of hydrogen-bond donors (Lipinski definition) is 1. The highest BCUT2D eigenvalue weighted by atomic mass is 35.5. The fourth-order valence-corrected chi connectivity index (χ4v) is 5.79. The van der Waals surface area contributed by atoms with Crippen LogP contribution in [0.15, 0.2) is 93.9 Å². The zero-order valence-electron chi connectivity index (χ0n) is 22.3. The van der Waals surface area contributed by atoms with Crippen molar-refractivity contribution in [3.8, 4) is 17.6 Å². The maximum Gasteiger partial charge on any atom is 0.271 e. The number of para-hydroxylation sites is 1. The lowest BCUT2D eigenvalue weighted by molar-refractivity contribution is -0.113. The summed E-state index contributed by atoms with van der Waals surface area (Å²) in [7, 11) is 0. The van der Waals surface area contributed by atoms with E-state index in [2.05, 4.69) is 10.3 Å². The fraction of sp³-hybridized carbons (Fsp3) is 0.161. The number of nitrogens with zero attached hydrogens (tertiary/aromatic N) is 3. The van der Waals surface area contributed by atoms with Gasteiger partial charge in [-0.2, -0.15) is 5.26 Å². The first-order valence-electron chi connectivity index (χ1n) is 12.8. The summed E-state index contributed by atoms with van der Waals surface area (Å²) in [5.74, 6) is 0.752. The van der Waals surface area contributed by atoms with Gasteiger partial charge in [0.25, 0.3) is 11.5 Å². The number of thiazole rings is 1. The highest BCUT2D eigenvalue weighted by Gasteiger charge is 2.32. The minimum atomic E-state index is -0.735. The summed E-state index contributed by atoms with van der Waals surface area (Å²) in [6, 6.07) is 22.7. The molecule has 206 valence electrons.